The van der Waals surface area contributed by atoms with Crippen molar-refractivity contribution in [2.75, 3.05) is 7.11 Å². The molecule has 5 heteroatoms. The zero-order valence-corrected chi connectivity index (χ0v) is 15.8. The maximum absolute atomic E-state index is 11.8. The number of unbranched alkanes of at least 4 members (excludes halogenated alkanes) is 1. The quantitative estimate of drug-likeness (QED) is 0.602. The second-order valence-electron chi connectivity index (χ2n) is 7.64. The van der Waals surface area contributed by atoms with E-state index in [1.54, 1.807) is 0 Å². The smallest absolute Gasteiger partial charge is 0.322 e. The van der Waals surface area contributed by atoms with Gasteiger partial charge in [0.25, 0.3) is 0 Å². The first-order valence-corrected chi connectivity index (χ1v) is 11.0. The largest absolute Gasteiger partial charge is 0.468 e. The lowest BCUT2D eigenvalue weighted by Gasteiger charge is -2.39. The zero-order valence-electron chi connectivity index (χ0n) is 14.8. The van der Waals surface area contributed by atoms with Gasteiger partial charge in [0.2, 0.25) is 0 Å². The van der Waals surface area contributed by atoms with Crippen LogP contribution in [0.25, 0.3) is 0 Å². The molecule has 0 radical (unpaired) electrons. The minimum Gasteiger partial charge on any atom is -0.468 e. The highest BCUT2D eigenvalue weighted by molar-refractivity contribution is 6.74. The Kier molecular flexibility index (Phi) is 6.44. The lowest BCUT2D eigenvalue weighted by atomic mass is 10.1. The van der Waals surface area contributed by atoms with Crippen molar-refractivity contribution in [1.29, 1.82) is 0 Å². The molecule has 0 bridgehead atoms. The average Bonchev–Trinajstić information content (AvgIpc) is 2.76. The van der Waals surface area contributed by atoms with E-state index in [1.165, 1.54) is 7.11 Å². The minimum absolute atomic E-state index is 0.126. The van der Waals surface area contributed by atoms with Gasteiger partial charge in [-0.3, -0.25) is 10.1 Å². The van der Waals surface area contributed by atoms with Crippen LogP contribution < -0.4 is 5.32 Å². The van der Waals surface area contributed by atoms with E-state index >= 15 is 0 Å². The van der Waals surface area contributed by atoms with E-state index in [0.29, 0.717) is 0 Å². The van der Waals surface area contributed by atoms with Crippen LogP contribution in [0.2, 0.25) is 18.1 Å². The first-order valence-electron chi connectivity index (χ1n) is 8.14. The summed E-state index contributed by atoms with van der Waals surface area (Å²) in [5.74, 6) is -0.169. The molecule has 4 nitrogen and oxygen atoms in total. The van der Waals surface area contributed by atoms with Crippen molar-refractivity contribution in [3.8, 4) is 0 Å². The van der Waals surface area contributed by atoms with E-state index < -0.39 is 8.32 Å². The molecule has 0 aromatic rings. The van der Waals surface area contributed by atoms with Gasteiger partial charge in [0.15, 0.2) is 8.32 Å². The summed E-state index contributed by atoms with van der Waals surface area (Å²) in [4.78, 5) is 11.8. The van der Waals surface area contributed by atoms with Gasteiger partial charge in [-0.15, -0.1) is 0 Å². The Hall–Kier alpha value is -0.393. The number of hydrogen-bond donors (Lipinski definition) is 1. The topological polar surface area (TPSA) is 47.6 Å². The number of esters is 1. The van der Waals surface area contributed by atoms with Crippen molar-refractivity contribution in [2.45, 2.75) is 89.7 Å². The number of carbonyl (C=O) groups is 1. The molecule has 1 rings (SSSR count). The highest BCUT2D eigenvalue weighted by atomic mass is 28.4. The summed E-state index contributed by atoms with van der Waals surface area (Å²) in [5, 5.41) is 3.61. The zero-order chi connectivity index (χ0) is 16.3. The van der Waals surface area contributed by atoms with Crippen molar-refractivity contribution >= 4 is 14.3 Å². The van der Waals surface area contributed by atoms with Gasteiger partial charge < -0.3 is 9.16 Å². The molecule has 0 aliphatic carbocycles. The second kappa shape index (κ2) is 7.25. The fourth-order valence-electron chi connectivity index (χ4n) is 2.52. The van der Waals surface area contributed by atoms with E-state index in [2.05, 4.69) is 46.1 Å². The van der Waals surface area contributed by atoms with Crippen LogP contribution in [0.3, 0.4) is 0 Å². The first-order chi connectivity index (χ1) is 9.62. The number of ether oxygens (including phenoxy) is 1. The van der Waals surface area contributed by atoms with Crippen molar-refractivity contribution in [3.05, 3.63) is 0 Å². The molecule has 1 saturated heterocycles. The van der Waals surface area contributed by atoms with E-state index in [0.717, 1.165) is 25.7 Å². The van der Waals surface area contributed by atoms with Gasteiger partial charge in [-0.1, -0.05) is 40.5 Å². The standard InChI is InChI=1S/C16H33NO3Si/c1-8-9-10-12-14(11-13(17-12)15(18)19-5)20-21(6,7)16(2,3)4/h12-14,17H,8-11H2,1-7H3/t12-,13-,14-/m0/s1. The Balaban J connectivity index is 2.78. The Morgan fingerprint density at radius 2 is 1.95 bits per heavy atom. The third kappa shape index (κ3) is 4.79. The highest BCUT2D eigenvalue weighted by Crippen LogP contribution is 2.39. The molecule has 1 aliphatic rings. The average molecular weight is 316 g/mol. The van der Waals surface area contributed by atoms with Crippen LogP contribution in [0.15, 0.2) is 0 Å². The molecule has 3 atom stereocenters. The molecule has 0 unspecified atom stereocenters. The monoisotopic (exact) mass is 315 g/mol. The van der Waals surface area contributed by atoms with Crippen LogP contribution in [-0.2, 0) is 14.0 Å². The molecular weight excluding hydrogens is 282 g/mol. The van der Waals surface area contributed by atoms with Crippen LogP contribution >= 0.6 is 0 Å². The molecule has 0 aromatic carbocycles. The number of nitrogens with one attached hydrogen (secondary N) is 1. The molecule has 0 amide bonds. The van der Waals surface area contributed by atoms with Crippen molar-refractivity contribution in [3.63, 3.8) is 0 Å². The molecule has 1 heterocycles. The van der Waals surface area contributed by atoms with Gasteiger partial charge in [-0.2, -0.15) is 0 Å². The summed E-state index contributed by atoms with van der Waals surface area (Å²) < 4.78 is 11.5. The minimum atomic E-state index is -1.82. The fourth-order valence-corrected chi connectivity index (χ4v) is 3.89. The molecule has 0 saturated carbocycles. The Bertz CT molecular complexity index is 352. The van der Waals surface area contributed by atoms with Gasteiger partial charge in [0.1, 0.15) is 6.04 Å². The third-order valence-corrected chi connectivity index (χ3v) is 9.44. The van der Waals surface area contributed by atoms with Crippen LogP contribution in [0.1, 0.15) is 53.4 Å². The van der Waals surface area contributed by atoms with Gasteiger partial charge in [0, 0.05) is 6.04 Å². The molecule has 0 aromatic heterocycles. The predicted octanol–water partition coefficient (Wildman–Crippen LogP) is 3.47. The number of methoxy groups -OCH3 is 1. The number of hydrogen-bond acceptors (Lipinski definition) is 4. The summed E-state index contributed by atoms with van der Waals surface area (Å²) in [6.07, 6.45) is 4.23. The summed E-state index contributed by atoms with van der Waals surface area (Å²) in [6, 6.07) is 0.0507. The van der Waals surface area contributed by atoms with Crippen molar-refractivity contribution < 1.29 is 14.0 Å². The Morgan fingerprint density at radius 1 is 1.33 bits per heavy atom. The first kappa shape index (κ1) is 18.7. The van der Waals surface area contributed by atoms with E-state index in [9.17, 15) is 4.79 Å². The lowest BCUT2D eigenvalue weighted by Crippen LogP contribution is -2.47. The molecule has 0 spiro atoms. The Morgan fingerprint density at radius 3 is 2.43 bits per heavy atom. The lowest BCUT2D eigenvalue weighted by molar-refractivity contribution is -0.142. The molecule has 1 N–H and O–H groups in total. The third-order valence-electron chi connectivity index (χ3n) is 4.94. The van der Waals surface area contributed by atoms with Crippen molar-refractivity contribution in [2.24, 2.45) is 0 Å². The number of rotatable bonds is 6. The normalized spacial score (nSPS) is 26.9. The van der Waals surface area contributed by atoms with E-state index in [4.69, 9.17) is 9.16 Å². The molecule has 1 fully saturated rings. The van der Waals surface area contributed by atoms with Crippen molar-refractivity contribution in [1.82, 2.24) is 5.32 Å². The van der Waals surface area contributed by atoms with Gasteiger partial charge in [-0.05, 0) is 31.0 Å². The molecule has 1 aliphatic heterocycles. The van der Waals surface area contributed by atoms with Crippen LogP contribution in [0, 0.1) is 0 Å². The van der Waals surface area contributed by atoms with Gasteiger partial charge >= 0.3 is 5.97 Å². The van der Waals surface area contributed by atoms with E-state index in [1.807, 2.05) is 0 Å². The summed E-state index contributed by atoms with van der Waals surface area (Å²) in [7, 11) is -0.366. The molecule has 124 valence electrons. The summed E-state index contributed by atoms with van der Waals surface area (Å²) >= 11 is 0. The Labute approximate surface area is 131 Å². The van der Waals surface area contributed by atoms with E-state index in [-0.39, 0.29) is 29.2 Å². The number of carbonyl (C=O) groups excluding carboxylic acids is 1. The molecule has 21 heavy (non-hydrogen) atoms. The van der Waals surface area contributed by atoms with Crippen LogP contribution in [0.5, 0.6) is 0 Å². The predicted molar refractivity (Wildman–Crippen MR) is 88.9 cm³/mol. The molecular formula is C16H33NO3Si. The van der Waals surface area contributed by atoms with Crippen LogP contribution in [0.4, 0.5) is 0 Å². The summed E-state index contributed by atoms with van der Waals surface area (Å²) in [5.41, 5.74) is 0. The maximum atomic E-state index is 11.8. The maximum Gasteiger partial charge on any atom is 0.322 e. The highest BCUT2D eigenvalue weighted by Gasteiger charge is 2.45. The van der Waals surface area contributed by atoms with Crippen LogP contribution in [-0.4, -0.2) is 39.6 Å². The van der Waals surface area contributed by atoms with Gasteiger partial charge in [-0.25, -0.2) is 0 Å². The SMILES string of the molecule is CCCC[C@@H]1N[C@H](C(=O)OC)C[C@@H]1O[Si](C)(C)C(C)(C)C. The summed E-state index contributed by atoms with van der Waals surface area (Å²) in [6.45, 7) is 13.5. The van der Waals surface area contributed by atoms with Gasteiger partial charge in [0.05, 0.1) is 13.2 Å². The second-order valence-corrected chi connectivity index (χ2v) is 12.4. The fraction of sp³-hybridized carbons (Fsp3) is 0.938.